The zero-order chi connectivity index (χ0) is 22.9. The van der Waals surface area contributed by atoms with Crippen molar-refractivity contribution < 1.29 is 18.6 Å². The van der Waals surface area contributed by atoms with Gasteiger partial charge in [-0.2, -0.15) is 0 Å². The number of methoxy groups -OCH3 is 1. The van der Waals surface area contributed by atoms with Gasteiger partial charge in [-0.3, -0.25) is 0 Å². The van der Waals surface area contributed by atoms with Gasteiger partial charge in [0.25, 0.3) is 0 Å². The molecule has 0 saturated heterocycles. The molecule has 1 aliphatic rings. The van der Waals surface area contributed by atoms with Crippen molar-refractivity contribution in [2.45, 2.75) is 96.6 Å². The van der Waals surface area contributed by atoms with E-state index in [0.29, 0.717) is 48.5 Å². The molecule has 1 rings (SSSR count). The predicted molar refractivity (Wildman–Crippen MR) is 138 cm³/mol. The van der Waals surface area contributed by atoms with Crippen molar-refractivity contribution in [2.75, 3.05) is 31.5 Å². The number of ether oxygens (including phenoxy) is 3. The van der Waals surface area contributed by atoms with E-state index in [2.05, 4.69) is 77.6 Å². The van der Waals surface area contributed by atoms with E-state index in [1.807, 2.05) is 0 Å². The lowest BCUT2D eigenvalue weighted by Gasteiger charge is -2.47. The van der Waals surface area contributed by atoms with Crippen LogP contribution in [0.2, 0.25) is 16.6 Å². The molecule has 0 aliphatic heterocycles. The Balaban J connectivity index is 3.11. The number of rotatable bonds is 15. The molecule has 0 radical (unpaired) electrons. The summed E-state index contributed by atoms with van der Waals surface area (Å²) in [6.45, 7) is 22.2. The molecule has 0 bridgehead atoms. The quantitative estimate of drug-likeness (QED) is 0.0547. The van der Waals surface area contributed by atoms with Crippen molar-refractivity contribution in [3.8, 4) is 0 Å². The molecule has 0 aromatic rings. The molecule has 0 N–H and O–H groups in total. The van der Waals surface area contributed by atoms with Crippen LogP contribution in [0.15, 0.2) is 12.2 Å². The van der Waals surface area contributed by atoms with Crippen LogP contribution in [0.25, 0.3) is 0 Å². The standard InChI is InChI=1S/C24H47IO4Si/c1-17(2)21-10-11-22(23(12-13-25)28-16-27-15-14-26-9)24(21)29-30(18(3)4,19(5)6)20(7)8/h18-24H,1,10-16H2,2-9H3/t21-,22-,23-,24+/m1/s1. The Morgan fingerprint density at radius 3 is 2.10 bits per heavy atom. The predicted octanol–water partition coefficient (Wildman–Crippen LogP) is 6.98. The maximum absolute atomic E-state index is 7.38. The first-order valence-corrected chi connectivity index (χ1v) is 15.4. The van der Waals surface area contributed by atoms with Crippen LogP contribution in [0, 0.1) is 11.8 Å². The van der Waals surface area contributed by atoms with Crippen molar-refractivity contribution in [1.82, 2.24) is 0 Å². The second-order valence-corrected chi connectivity index (χ2v) is 16.3. The third kappa shape index (κ3) is 7.27. The van der Waals surface area contributed by atoms with E-state index < -0.39 is 8.32 Å². The Morgan fingerprint density at radius 1 is 1.03 bits per heavy atom. The Hall–Kier alpha value is 0.527. The summed E-state index contributed by atoms with van der Waals surface area (Å²) in [6.07, 6.45) is 3.68. The van der Waals surface area contributed by atoms with Crippen molar-refractivity contribution in [1.29, 1.82) is 0 Å². The smallest absolute Gasteiger partial charge is 0.200 e. The first-order chi connectivity index (χ1) is 14.1. The van der Waals surface area contributed by atoms with Gasteiger partial charge in [0.05, 0.1) is 25.4 Å². The number of halogens is 1. The van der Waals surface area contributed by atoms with Crippen molar-refractivity contribution >= 4 is 30.9 Å². The van der Waals surface area contributed by atoms with E-state index in [4.69, 9.17) is 18.6 Å². The molecule has 0 unspecified atom stereocenters. The molecule has 1 aliphatic carbocycles. The van der Waals surface area contributed by atoms with Crippen LogP contribution in [-0.2, 0) is 18.6 Å². The van der Waals surface area contributed by atoms with Crippen LogP contribution in [-0.4, -0.2) is 52.1 Å². The zero-order valence-corrected chi connectivity index (χ0v) is 23.9. The summed E-state index contributed by atoms with van der Waals surface area (Å²) < 4.78 is 25.4. The van der Waals surface area contributed by atoms with Gasteiger partial charge < -0.3 is 18.6 Å². The fourth-order valence-corrected chi connectivity index (χ4v) is 11.8. The number of alkyl halides is 1. The van der Waals surface area contributed by atoms with Crippen molar-refractivity contribution in [3.63, 3.8) is 0 Å². The highest BCUT2D eigenvalue weighted by molar-refractivity contribution is 14.1. The molecule has 0 amide bonds. The van der Waals surface area contributed by atoms with Crippen LogP contribution in [0.5, 0.6) is 0 Å². The maximum atomic E-state index is 7.38. The van der Waals surface area contributed by atoms with Crippen LogP contribution < -0.4 is 0 Å². The molecular formula is C24H47IO4Si. The highest BCUT2D eigenvalue weighted by Gasteiger charge is 2.51. The summed E-state index contributed by atoms with van der Waals surface area (Å²) in [7, 11) is -0.296. The lowest BCUT2D eigenvalue weighted by atomic mass is 9.91. The fourth-order valence-electron chi connectivity index (χ4n) is 5.60. The fraction of sp³-hybridized carbons (Fsp3) is 0.917. The molecule has 1 fully saturated rings. The molecule has 0 heterocycles. The Morgan fingerprint density at radius 2 is 1.63 bits per heavy atom. The summed E-state index contributed by atoms with van der Waals surface area (Å²) >= 11 is 2.46. The Bertz CT molecular complexity index is 476. The van der Waals surface area contributed by atoms with Gasteiger partial charge in [0.15, 0.2) is 0 Å². The SMILES string of the molecule is C=C(C)[C@H]1CC[C@H]([C@@H](CCI)OCOCCOC)[C@H]1O[Si](C(C)C)(C(C)C)C(C)C. The zero-order valence-electron chi connectivity index (χ0n) is 20.7. The van der Waals surface area contributed by atoms with Crippen LogP contribution >= 0.6 is 22.6 Å². The molecule has 6 heteroatoms. The lowest BCUT2D eigenvalue weighted by molar-refractivity contribution is -0.123. The Kier molecular flexibility index (Phi) is 13.3. The molecule has 0 aromatic heterocycles. The molecule has 30 heavy (non-hydrogen) atoms. The average Bonchev–Trinajstić information content (AvgIpc) is 3.07. The van der Waals surface area contributed by atoms with Crippen LogP contribution in [0.4, 0.5) is 0 Å². The van der Waals surface area contributed by atoms with Gasteiger partial charge in [0.2, 0.25) is 8.32 Å². The highest BCUT2D eigenvalue weighted by atomic mass is 127. The third-order valence-corrected chi connectivity index (χ3v) is 13.7. The van der Waals surface area contributed by atoms with Crippen LogP contribution in [0.1, 0.15) is 67.7 Å². The van der Waals surface area contributed by atoms with Gasteiger partial charge >= 0.3 is 0 Å². The van der Waals surface area contributed by atoms with Crippen molar-refractivity contribution in [2.24, 2.45) is 11.8 Å². The minimum absolute atomic E-state index is 0.164. The Labute approximate surface area is 201 Å². The topological polar surface area (TPSA) is 36.9 Å². The molecule has 4 nitrogen and oxygen atoms in total. The highest BCUT2D eigenvalue weighted by Crippen LogP contribution is 2.49. The van der Waals surface area contributed by atoms with Gasteiger partial charge in [-0.05, 0) is 42.8 Å². The molecule has 4 atom stereocenters. The molecule has 178 valence electrons. The second kappa shape index (κ2) is 13.9. The summed E-state index contributed by atoms with van der Waals surface area (Å²) in [5.41, 5.74) is 2.98. The molecule has 0 aromatic carbocycles. The first kappa shape index (κ1) is 28.6. The minimum atomic E-state index is -1.99. The second-order valence-electron chi connectivity index (χ2n) is 9.80. The maximum Gasteiger partial charge on any atom is 0.200 e. The van der Waals surface area contributed by atoms with E-state index in [1.165, 1.54) is 5.57 Å². The van der Waals surface area contributed by atoms with E-state index in [-0.39, 0.29) is 12.2 Å². The monoisotopic (exact) mass is 554 g/mol. The van der Waals surface area contributed by atoms with E-state index >= 15 is 0 Å². The number of hydrogen-bond donors (Lipinski definition) is 0. The van der Waals surface area contributed by atoms with E-state index in [0.717, 1.165) is 23.7 Å². The van der Waals surface area contributed by atoms with Gasteiger partial charge in [-0.1, -0.05) is 76.3 Å². The van der Waals surface area contributed by atoms with E-state index in [9.17, 15) is 0 Å². The van der Waals surface area contributed by atoms with Gasteiger partial charge in [0.1, 0.15) is 6.79 Å². The average molecular weight is 555 g/mol. The summed E-state index contributed by atoms with van der Waals surface area (Å²) in [5.74, 6) is 0.823. The van der Waals surface area contributed by atoms with Gasteiger partial charge in [-0.25, -0.2) is 0 Å². The summed E-state index contributed by atoms with van der Waals surface area (Å²) in [6, 6.07) is 0. The number of hydrogen-bond acceptors (Lipinski definition) is 4. The normalized spacial score (nSPS) is 23.7. The summed E-state index contributed by atoms with van der Waals surface area (Å²) in [4.78, 5) is 0. The first-order valence-electron chi connectivity index (χ1n) is 11.7. The van der Waals surface area contributed by atoms with Gasteiger partial charge in [-0.15, -0.1) is 0 Å². The lowest BCUT2D eigenvalue weighted by Crippen LogP contribution is -2.53. The van der Waals surface area contributed by atoms with E-state index in [1.54, 1.807) is 7.11 Å². The molecular weight excluding hydrogens is 507 g/mol. The molecule has 0 spiro atoms. The third-order valence-electron chi connectivity index (χ3n) is 6.98. The van der Waals surface area contributed by atoms with Crippen molar-refractivity contribution in [3.05, 3.63) is 12.2 Å². The molecule has 1 saturated carbocycles. The minimum Gasteiger partial charge on any atom is -0.412 e. The van der Waals surface area contributed by atoms with Gasteiger partial charge in [0, 0.05) is 23.4 Å². The largest absolute Gasteiger partial charge is 0.412 e. The summed E-state index contributed by atoms with van der Waals surface area (Å²) in [5, 5.41) is 0. The van der Waals surface area contributed by atoms with Crippen LogP contribution in [0.3, 0.4) is 0 Å².